The highest BCUT2D eigenvalue weighted by Gasteiger charge is 2.08. The number of nitrogens with two attached hydrogens (primary N) is 1. The number of methoxy groups -OCH3 is 1. The van der Waals surface area contributed by atoms with Crippen LogP contribution < -0.4 is 15.2 Å². The lowest BCUT2D eigenvalue weighted by molar-refractivity contribution is 0.274. The van der Waals surface area contributed by atoms with Crippen molar-refractivity contribution < 1.29 is 14.6 Å². The highest BCUT2D eigenvalue weighted by molar-refractivity contribution is 9.10. The second-order valence-corrected chi connectivity index (χ2v) is 5.05. The number of hydrogen-bond donors (Lipinski definition) is 2. The standard InChI is InChI=1S/C15H16BrNO3/c1-19-14-7-10(8-18)5-6-13(14)20-9-11-3-2-4-12(17)15(11)16/h2-7,18H,8-9,17H2,1H3. The average molecular weight is 338 g/mol. The Morgan fingerprint density at radius 2 is 2.00 bits per heavy atom. The summed E-state index contributed by atoms with van der Waals surface area (Å²) in [5, 5.41) is 9.11. The van der Waals surface area contributed by atoms with Gasteiger partial charge in [0.05, 0.1) is 13.7 Å². The zero-order valence-corrected chi connectivity index (χ0v) is 12.7. The van der Waals surface area contributed by atoms with Crippen LogP contribution in [0.3, 0.4) is 0 Å². The number of anilines is 1. The zero-order chi connectivity index (χ0) is 14.5. The van der Waals surface area contributed by atoms with Crippen LogP contribution in [0.15, 0.2) is 40.9 Å². The minimum atomic E-state index is -0.0304. The molecule has 0 saturated carbocycles. The highest BCUT2D eigenvalue weighted by Crippen LogP contribution is 2.30. The Hall–Kier alpha value is -1.72. The van der Waals surface area contributed by atoms with Crippen molar-refractivity contribution >= 4 is 21.6 Å². The van der Waals surface area contributed by atoms with Crippen LogP contribution in [0.1, 0.15) is 11.1 Å². The summed E-state index contributed by atoms with van der Waals surface area (Å²) in [7, 11) is 1.57. The fraction of sp³-hybridized carbons (Fsp3) is 0.200. The Bertz CT molecular complexity index is 602. The fourth-order valence-electron chi connectivity index (χ4n) is 1.80. The number of halogens is 1. The summed E-state index contributed by atoms with van der Waals surface area (Å²) in [6, 6.07) is 11.0. The van der Waals surface area contributed by atoms with Crippen LogP contribution in [0.2, 0.25) is 0 Å². The molecule has 3 N–H and O–H groups in total. The van der Waals surface area contributed by atoms with Gasteiger partial charge in [0.2, 0.25) is 0 Å². The third kappa shape index (κ3) is 3.23. The number of benzene rings is 2. The Morgan fingerprint density at radius 1 is 1.20 bits per heavy atom. The van der Waals surface area contributed by atoms with Gasteiger partial charge in [0.25, 0.3) is 0 Å². The van der Waals surface area contributed by atoms with E-state index in [1.807, 2.05) is 18.2 Å². The maximum Gasteiger partial charge on any atom is 0.161 e. The predicted molar refractivity (Wildman–Crippen MR) is 81.8 cm³/mol. The van der Waals surface area contributed by atoms with Gasteiger partial charge in [0.1, 0.15) is 6.61 Å². The van der Waals surface area contributed by atoms with Crippen LogP contribution in [0.25, 0.3) is 0 Å². The molecule has 106 valence electrons. The van der Waals surface area contributed by atoms with Crippen molar-refractivity contribution in [2.45, 2.75) is 13.2 Å². The van der Waals surface area contributed by atoms with Crippen molar-refractivity contribution in [2.75, 3.05) is 12.8 Å². The van der Waals surface area contributed by atoms with Gasteiger partial charge in [-0.1, -0.05) is 18.2 Å². The normalized spacial score (nSPS) is 10.3. The van der Waals surface area contributed by atoms with E-state index in [4.69, 9.17) is 20.3 Å². The molecule has 2 aromatic carbocycles. The van der Waals surface area contributed by atoms with Crippen molar-refractivity contribution in [2.24, 2.45) is 0 Å². The Morgan fingerprint density at radius 3 is 2.70 bits per heavy atom. The molecule has 0 spiro atoms. The van der Waals surface area contributed by atoms with E-state index in [0.29, 0.717) is 23.8 Å². The van der Waals surface area contributed by atoms with E-state index in [-0.39, 0.29) is 6.61 Å². The van der Waals surface area contributed by atoms with Crippen LogP contribution in [-0.2, 0) is 13.2 Å². The molecule has 0 aliphatic rings. The first kappa shape index (κ1) is 14.7. The minimum Gasteiger partial charge on any atom is -0.493 e. The van der Waals surface area contributed by atoms with E-state index in [0.717, 1.165) is 15.6 Å². The summed E-state index contributed by atoms with van der Waals surface area (Å²) < 4.78 is 11.9. The third-order valence-corrected chi connectivity index (χ3v) is 3.87. The lowest BCUT2D eigenvalue weighted by Crippen LogP contribution is -2.00. The molecule has 20 heavy (non-hydrogen) atoms. The van der Waals surface area contributed by atoms with Gasteiger partial charge in [-0.25, -0.2) is 0 Å². The molecular weight excluding hydrogens is 322 g/mol. The quantitative estimate of drug-likeness (QED) is 0.823. The number of rotatable bonds is 5. The second kappa shape index (κ2) is 6.63. The fourth-order valence-corrected chi connectivity index (χ4v) is 2.18. The van der Waals surface area contributed by atoms with Gasteiger partial charge < -0.3 is 20.3 Å². The average Bonchev–Trinajstić information content (AvgIpc) is 2.48. The van der Waals surface area contributed by atoms with Gasteiger partial charge in [-0.15, -0.1) is 0 Å². The summed E-state index contributed by atoms with van der Waals surface area (Å²) in [6.07, 6.45) is 0. The van der Waals surface area contributed by atoms with Crippen molar-refractivity contribution in [3.05, 3.63) is 52.0 Å². The summed E-state index contributed by atoms with van der Waals surface area (Å²) in [4.78, 5) is 0. The number of aliphatic hydroxyl groups excluding tert-OH is 1. The van der Waals surface area contributed by atoms with E-state index < -0.39 is 0 Å². The Kier molecular flexibility index (Phi) is 4.87. The van der Waals surface area contributed by atoms with Crippen LogP contribution >= 0.6 is 15.9 Å². The minimum absolute atomic E-state index is 0.0304. The Labute approximate surface area is 126 Å². The summed E-state index contributed by atoms with van der Waals surface area (Å²) >= 11 is 3.44. The Balaban J connectivity index is 2.16. The van der Waals surface area contributed by atoms with Gasteiger partial charge in [0.15, 0.2) is 11.5 Å². The topological polar surface area (TPSA) is 64.7 Å². The van der Waals surface area contributed by atoms with Crippen molar-refractivity contribution in [3.63, 3.8) is 0 Å². The molecule has 0 saturated heterocycles. The molecule has 0 aromatic heterocycles. The molecule has 4 nitrogen and oxygen atoms in total. The molecule has 0 aliphatic carbocycles. The van der Waals surface area contributed by atoms with Gasteiger partial charge in [-0.05, 0) is 39.7 Å². The number of ether oxygens (including phenoxy) is 2. The van der Waals surface area contributed by atoms with Gasteiger partial charge in [0, 0.05) is 15.7 Å². The highest BCUT2D eigenvalue weighted by atomic mass is 79.9. The summed E-state index contributed by atoms with van der Waals surface area (Å²) in [5.41, 5.74) is 8.24. The van der Waals surface area contributed by atoms with E-state index in [1.54, 1.807) is 25.3 Å². The zero-order valence-electron chi connectivity index (χ0n) is 11.1. The van der Waals surface area contributed by atoms with Crippen LogP contribution in [-0.4, -0.2) is 12.2 Å². The van der Waals surface area contributed by atoms with Crippen molar-refractivity contribution in [1.82, 2.24) is 0 Å². The monoisotopic (exact) mass is 337 g/mol. The van der Waals surface area contributed by atoms with E-state index in [1.165, 1.54) is 0 Å². The number of aliphatic hydroxyl groups is 1. The molecule has 0 atom stereocenters. The molecule has 0 radical (unpaired) electrons. The number of hydrogen-bond acceptors (Lipinski definition) is 4. The van der Waals surface area contributed by atoms with E-state index >= 15 is 0 Å². The molecule has 2 rings (SSSR count). The van der Waals surface area contributed by atoms with Gasteiger partial charge in [-0.2, -0.15) is 0 Å². The molecule has 0 bridgehead atoms. The third-order valence-electron chi connectivity index (χ3n) is 2.90. The SMILES string of the molecule is COc1cc(CO)ccc1OCc1cccc(N)c1Br. The lowest BCUT2D eigenvalue weighted by atomic mass is 10.2. The van der Waals surface area contributed by atoms with E-state index in [9.17, 15) is 0 Å². The van der Waals surface area contributed by atoms with Crippen molar-refractivity contribution in [1.29, 1.82) is 0 Å². The van der Waals surface area contributed by atoms with Crippen molar-refractivity contribution in [3.8, 4) is 11.5 Å². The molecule has 0 fully saturated rings. The first-order chi connectivity index (χ1) is 9.65. The molecule has 0 aliphatic heterocycles. The van der Waals surface area contributed by atoms with Crippen LogP contribution in [0.5, 0.6) is 11.5 Å². The molecule has 0 heterocycles. The molecule has 0 amide bonds. The molecule has 2 aromatic rings. The smallest absolute Gasteiger partial charge is 0.161 e. The van der Waals surface area contributed by atoms with Gasteiger partial charge in [-0.3, -0.25) is 0 Å². The summed E-state index contributed by atoms with van der Waals surface area (Å²) in [5.74, 6) is 1.22. The molecular formula is C15H16BrNO3. The number of nitrogen functional groups attached to an aromatic ring is 1. The first-order valence-electron chi connectivity index (χ1n) is 6.09. The second-order valence-electron chi connectivity index (χ2n) is 4.25. The van der Waals surface area contributed by atoms with Crippen LogP contribution in [0, 0.1) is 0 Å². The summed E-state index contributed by atoms with van der Waals surface area (Å²) in [6.45, 7) is 0.345. The first-order valence-corrected chi connectivity index (χ1v) is 6.88. The molecule has 0 unspecified atom stereocenters. The maximum absolute atomic E-state index is 9.11. The molecule has 5 heteroatoms. The van der Waals surface area contributed by atoms with Crippen LogP contribution in [0.4, 0.5) is 5.69 Å². The van der Waals surface area contributed by atoms with E-state index in [2.05, 4.69) is 15.9 Å². The maximum atomic E-state index is 9.11. The van der Waals surface area contributed by atoms with Gasteiger partial charge >= 0.3 is 0 Å². The lowest BCUT2D eigenvalue weighted by Gasteiger charge is -2.13. The predicted octanol–water partition coefficient (Wildman–Crippen LogP) is 3.11. The largest absolute Gasteiger partial charge is 0.493 e.